The van der Waals surface area contributed by atoms with E-state index in [0.29, 0.717) is 6.54 Å². The Labute approximate surface area is 108 Å². The van der Waals surface area contributed by atoms with Crippen molar-refractivity contribution in [3.63, 3.8) is 0 Å². The summed E-state index contributed by atoms with van der Waals surface area (Å²) in [5.41, 5.74) is 6.28. The highest BCUT2D eigenvalue weighted by atomic mass is 16.2. The number of carbonyl (C=O) groups excluding carboxylic acids is 1. The lowest BCUT2D eigenvalue weighted by atomic mass is 9.87. The van der Waals surface area contributed by atoms with Crippen molar-refractivity contribution in [2.45, 2.75) is 39.0 Å². The van der Waals surface area contributed by atoms with E-state index in [4.69, 9.17) is 0 Å². The Kier molecular flexibility index (Phi) is 3.39. The van der Waals surface area contributed by atoms with Crippen molar-refractivity contribution in [2.75, 3.05) is 11.9 Å². The molecule has 4 N–H and O–H groups in total. The fourth-order valence-electron chi connectivity index (χ4n) is 2.18. The fourth-order valence-corrected chi connectivity index (χ4v) is 2.18. The molecule has 1 amide bonds. The Bertz CT molecular complexity index is 463. The molecule has 1 aromatic rings. The molecular formula is C14H22N3O+. The summed E-state index contributed by atoms with van der Waals surface area (Å²) in [7, 11) is 0. The van der Waals surface area contributed by atoms with Crippen molar-refractivity contribution >= 4 is 11.7 Å². The zero-order chi connectivity index (χ0) is 13.3. The van der Waals surface area contributed by atoms with Gasteiger partial charge in [-0.1, -0.05) is 26.8 Å². The Balaban J connectivity index is 2.33. The molecule has 0 saturated heterocycles. The van der Waals surface area contributed by atoms with Crippen molar-refractivity contribution < 1.29 is 10.5 Å². The number of carbonyl (C=O) groups is 1. The maximum absolute atomic E-state index is 11.9. The third kappa shape index (κ3) is 2.53. The molecule has 0 bridgehead atoms. The fraction of sp³-hybridized carbons (Fsp3) is 0.571. The van der Waals surface area contributed by atoms with Crippen LogP contribution in [0.4, 0.5) is 5.82 Å². The number of amides is 1. The molecule has 1 aliphatic rings. The lowest BCUT2D eigenvalue weighted by Gasteiger charge is -2.20. The van der Waals surface area contributed by atoms with Crippen molar-refractivity contribution in [2.24, 2.45) is 5.92 Å². The van der Waals surface area contributed by atoms with Crippen molar-refractivity contribution in [1.29, 1.82) is 0 Å². The average molecular weight is 248 g/mol. The minimum Gasteiger partial charge on any atom is -0.357 e. The van der Waals surface area contributed by atoms with E-state index < -0.39 is 0 Å². The quantitative estimate of drug-likeness (QED) is 0.782. The number of pyridine rings is 1. The van der Waals surface area contributed by atoms with E-state index >= 15 is 0 Å². The van der Waals surface area contributed by atoms with Crippen molar-refractivity contribution in [1.82, 2.24) is 4.98 Å². The molecule has 0 radical (unpaired) electrons. The van der Waals surface area contributed by atoms with Gasteiger partial charge in [-0.2, -0.15) is 0 Å². The molecule has 0 saturated carbocycles. The molecule has 2 heterocycles. The summed E-state index contributed by atoms with van der Waals surface area (Å²) in [5.74, 6) is 0.793. The summed E-state index contributed by atoms with van der Waals surface area (Å²) in [4.78, 5) is 16.3. The number of quaternary nitrogens is 1. The molecule has 1 unspecified atom stereocenters. The smallest absolute Gasteiger partial charge is 0.234 e. The molecule has 18 heavy (non-hydrogen) atoms. The molecule has 4 heteroatoms. The van der Waals surface area contributed by atoms with E-state index in [1.54, 1.807) is 0 Å². The number of aromatic nitrogens is 1. The highest BCUT2D eigenvalue weighted by molar-refractivity contribution is 5.93. The van der Waals surface area contributed by atoms with E-state index in [-0.39, 0.29) is 17.2 Å². The maximum atomic E-state index is 11.9. The predicted molar refractivity (Wildman–Crippen MR) is 71.1 cm³/mol. The van der Waals surface area contributed by atoms with Gasteiger partial charge in [-0.05, 0) is 29.4 Å². The van der Waals surface area contributed by atoms with Crippen LogP contribution in [0, 0.1) is 5.92 Å². The highest BCUT2D eigenvalue weighted by Gasteiger charge is 2.25. The number of aryl methyl sites for hydroxylation is 1. The molecule has 0 fully saturated rings. The monoisotopic (exact) mass is 248 g/mol. The first kappa shape index (κ1) is 13.0. The predicted octanol–water partition coefficient (Wildman–Crippen LogP) is 1.12. The molecule has 4 nitrogen and oxygen atoms in total. The van der Waals surface area contributed by atoms with E-state index in [9.17, 15) is 4.79 Å². The zero-order valence-corrected chi connectivity index (χ0v) is 11.4. The minimum atomic E-state index is 0.0114. The van der Waals surface area contributed by atoms with Crippen molar-refractivity contribution in [3.05, 3.63) is 23.4 Å². The second-order valence-corrected chi connectivity index (χ2v) is 6.00. The molecule has 98 valence electrons. The minimum absolute atomic E-state index is 0.0114. The van der Waals surface area contributed by atoms with E-state index in [1.165, 1.54) is 5.56 Å². The van der Waals surface area contributed by atoms with Crippen LogP contribution in [0.1, 0.15) is 38.3 Å². The number of nitrogens with zero attached hydrogens (tertiary/aromatic N) is 1. The first-order valence-corrected chi connectivity index (χ1v) is 6.51. The van der Waals surface area contributed by atoms with Gasteiger partial charge in [-0.15, -0.1) is 0 Å². The normalized spacial score (nSPS) is 20.0. The largest absolute Gasteiger partial charge is 0.357 e. The van der Waals surface area contributed by atoms with Crippen LogP contribution in [-0.4, -0.2) is 17.4 Å². The van der Waals surface area contributed by atoms with E-state index in [2.05, 4.69) is 42.9 Å². The van der Waals surface area contributed by atoms with Crippen LogP contribution in [0.15, 0.2) is 12.3 Å². The molecule has 1 atom stereocenters. The third-order valence-electron chi connectivity index (χ3n) is 3.56. The average Bonchev–Trinajstić information content (AvgIpc) is 2.45. The Morgan fingerprint density at radius 3 is 2.83 bits per heavy atom. The standard InChI is InChI=1S/C14H21N3O/c1-14(2,3)11-6-9-4-5-10(7-15)13(18)17-12(9)16-8-11/h6,8,10H,4-5,7,15H2,1-3H3,(H,16,17,18)/p+1. The summed E-state index contributed by atoms with van der Waals surface area (Å²) in [5, 5.41) is 2.91. The topological polar surface area (TPSA) is 69.6 Å². The van der Waals surface area contributed by atoms with Crippen LogP contribution in [0.25, 0.3) is 0 Å². The molecule has 1 aromatic heterocycles. The Morgan fingerprint density at radius 2 is 2.22 bits per heavy atom. The second-order valence-electron chi connectivity index (χ2n) is 6.00. The zero-order valence-electron chi connectivity index (χ0n) is 11.4. The SMILES string of the molecule is CC(C)(C)c1cnc2c(c1)CCC(C[NH3+])C(=O)N2. The van der Waals surface area contributed by atoms with Gasteiger partial charge in [0, 0.05) is 6.20 Å². The first-order valence-electron chi connectivity index (χ1n) is 6.51. The summed E-state index contributed by atoms with van der Waals surface area (Å²) < 4.78 is 0. The number of hydrogen-bond acceptors (Lipinski definition) is 2. The first-order chi connectivity index (χ1) is 8.41. The Hall–Kier alpha value is -1.42. The molecule has 0 aliphatic carbocycles. The van der Waals surface area contributed by atoms with Gasteiger partial charge in [0.05, 0.1) is 12.5 Å². The lowest BCUT2D eigenvalue weighted by molar-refractivity contribution is -0.375. The molecular weight excluding hydrogens is 226 g/mol. The van der Waals surface area contributed by atoms with Crippen LogP contribution < -0.4 is 11.1 Å². The summed E-state index contributed by atoms with van der Waals surface area (Å²) in [6, 6.07) is 2.17. The van der Waals surface area contributed by atoms with Gasteiger partial charge in [0.25, 0.3) is 0 Å². The van der Waals surface area contributed by atoms with Crippen LogP contribution in [-0.2, 0) is 16.6 Å². The molecule has 2 rings (SSSR count). The van der Waals surface area contributed by atoms with Crippen molar-refractivity contribution in [3.8, 4) is 0 Å². The van der Waals surface area contributed by atoms with E-state index in [0.717, 1.165) is 24.2 Å². The van der Waals surface area contributed by atoms with Gasteiger partial charge in [-0.3, -0.25) is 4.79 Å². The molecule has 1 aliphatic heterocycles. The van der Waals surface area contributed by atoms with Crippen LogP contribution in [0.3, 0.4) is 0 Å². The van der Waals surface area contributed by atoms with E-state index in [1.807, 2.05) is 6.20 Å². The lowest BCUT2D eigenvalue weighted by Crippen LogP contribution is -2.55. The number of nitrogens with one attached hydrogen (secondary N) is 1. The van der Waals surface area contributed by atoms with Gasteiger partial charge in [0.1, 0.15) is 5.82 Å². The number of anilines is 1. The maximum Gasteiger partial charge on any atom is 0.234 e. The second kappa shape index (κ2) is 4.69. The Morgan fingerprint density at radius 1 is 1.50 bits per heavy atom. The number of hydrogen-bond donors (Lipinski definition) is 2. The van der Waals surface area contributed by atoms with Crippen LogP contribution in [0.5, 0.6) is 0 Å². The summed E-state index contributed by atoms with van der Waals surface area (Å²) in [6.45, 7) is 7.16. The van der Waals surface area contributed by atoms with Gasteiger partial charge in [0.15, 0.2) is 0 Å². The van der Waals surface area contributed by atoms with Gasteiger partial charge in [-0.25, -0.2) is 4.98 Å². The highest BCUT2D eigenvalue weighted by Crippen LogP contribution is 2.28. The van der Waals surface area contributed by atoms with Gasteiger partial charge in [0.2, 0.25) is 5.91 Å². The molecule has 0 spiro atoms. The summed E-state index contributed by atoms with van der Waals surface area (Å²) in [6.07, 6.45) is 3.62. The third-order valence-corrected chi connectivity index (χ3v) is 3.56. The van der Waals surface area contributed by atoms with Gasteiger partial charge < -0.3 is 11.1 Å². The van der Waals surface area contributed by atoms with Crippen LogP contribution >= 0.6 is 0 Å². The van der Waals surface area contributed by atoms with Crippen LogP contribution in [0.2, 0.25) is 0 Å². The number of fused-ring (bicyclic) bond motifs is 1. The summed E-state index contributed by atoms with van der Waals surface area (Å²) >= 11 is 0. The molecule has 0 aromatic carbocycles. The van der Waals surface area contributed by atoms with Gasteiger partial charge >= 0.3 is 0 Å². The number of rotatable bonds is 1.